The molecule has 0 radical (unpaired) electrons. The van der Waals surface area contributed by atoms with Crippen molar-refractivity contribution >= 4 is 178 Å². The number of rotatable bonds is 16. The van der Waals surface area contributed by atoms with Crippen LogP contribution in [0.15, 0.2) is 268 Å². The number of hydrogen-bond acceptors (Lipinski definition) is 18. The number of halogens is 15. The lowest BCUT2D eigenvalue weighted by molar-refractivity contribution is -0.531. The molecular weight excluding hydrogens is 2260 g/mol. The van der Waals surface area contributed by atoms with E-state index in [-0.39, 0.29) is 69.6 Å². The van der Waals surface area contributed by atoms with Crippen molar-refractivity contribution in [3.63, 3.8) is 0 Å². The molecule has 3 aliphatic rings. The Labute approximate surface area is 762 Å². The van der Waals surface area contributed by atoms with Gasteiger partial charge in [-0.25, -0.2) is 88.8 Å². The lowest BCUT2D eigenvalue weighted by Crippen LogP contribution is -2.84. The molecule has 3 atom stereocenters. The van der Waals surface area contributed by atoms with Crippen LogP contribution >= 0.6 is 137 Å². The molecule has 3 unspecified atom stereocenters. The van der Waals surface area contributed by atoms with E-state index in [1.807, 2.05) is 72.8 Å². The molecule has 3 aliphatic heterocycles. The highest BCUT2D eigenvalue weighted by molar-refractivity contribution is 14.3. The van der Waals surface area contributed by atoms with Crippen LogP contribution < -0.4 is 32.3 Å². The number of aliphatic carboxylic acids is 4. The second-order valence-electron chi connectivity index (χ2n) is 24.6. The Kier molecular flexibility index (Phi) is 35.0. The highest BCUT2D eigenvalue weighted by Crippen LogP contribution is 2.48. The van der Waals surface area contributed by atoms with Gasteiger partial charge in [0.2, 0.25) is 0 Å². The molecule has 0 saturated heterocycles. The number of pyridine rings is 3. The summed E-state index contributed by atoms with van der Waals surface area (Å²) in [6, 6.07) is 44.9. The molecule has 120 heavy (non-hydrogen) atoms. The van der Waals surface area contributed by atoms with Crippen molar-refractivity contribution in [2.75, 3.05) is 2.43 Å². The number of nitrogens with zero attached hydrogens (tertiary/aromatic N) is 10. The summed E-state index contributed by atoms with van der Waals surface area (Å²) in [5.74, 6) is -6.58. The van der Waals surface area contributed by atoms with Gasteiger partial charge in [-0.05, 0) is 107 Å². The van der Waals surface area contributed by atoms with E-state index in [1.165, 1.54) is 76.4 Å². The number of carboxylic acid groups (broad SMARTS) is 4. The third-order valence-corrected chi connectivity index (χ3v) is 17.5. The van der Waals surface area contributed by atoms with E-state index in [0.29, 0.717) is 74.4 Å². The zero-order valence-corrected chi connectivity index (χ0v) is 74.2. The second kappa shape index (κ2) is 44.2. The fourth-order valence-electron chi connectivity index (χ4n) is 12.9. The molecule has 0 aliphatic carbocycles. The first-order valence-electron chi connectivity index (χ1n) is 34.1. The molecule has 616 valence electrons. The summed E-state index contributed by atoms with van der Waals surface area (Å²) in [5, 5.41) is 32.9. The van der Waals surface area contributed by atoms with Crippen molar-refractivity contribution in [2.45, 2.75) is 35.8 Å². The van der Waals surface area contributed by atoms with Crippen molar-refractivity contribution in [2.24, 2.45) is 22.2 Å². The van der Waals surface area contributed by atoms with Gasteiger partial charge >= 0.3 is 17.9 Å². The predicted octanol–water partition coefficient (Wildman–Crippen LogP) is 13.1. The Bertz CT molecular complexity index is 5250. The predicted molar refractivity (Wildman–Crippen MR) is 478 cm³/mol. The number of fused-ring (bicyclic) bond motifs is 3. The Morgan fingerprint density at radius 1 is 0.417 bits per heavy atom. The number of hydrogen-bond donors (Lipinski definition) is 8. The van der Waals surface area contributed by atoms with Crippen LogP contribution in [0.25, 0.3) is 33.4 Å². The molecule has 9 heterocycles. The number of aliphatic imine (C=N–C) groups is 1. The van der Waals surface area contributed by atoms with Crippen LogP contribution in [0.5, 0.6) is 0 Å². The average Bonchev–Trinajstić information content (AvgIpc) is 1.56. The second-order valence-corrected chi connectivity index (χ2v) is 39.9. The Morgan fingerprint density at radius 2 is 0.700 bits per heavy atom. The van der Waals surface area contributed by atoms with Crippen molar-refractivity contribution in [1.29, 1.82) is 0 Å². The van der Waals surface area contributed by atoms with Crippen LogP contribution in [-0.2, 0) is 35.8 Å². The molecule has 23 nitrogen and oxygen atoms in total. The van der Waals surface area contributed by atoms with Crippen LogP contribution in [0, 0.1) is 17.5 Å². The molecule has 0 spiro atoms. The van der Waals surface area contributed by atoms with E-state index in [1.54, 1.807) is 91.8 Å². The van der Waals surface area contributed by atoms with E-state index in [0.717, 1.165) is 33.3 Å². The lowest BCUT2D eigenvalue weighted by atomic mass is 9.77. The largest absolute Gasteiger partial charge is 0.545 e. The molecule has 15 rings (SSSR count). The third kappa shape index (κ3) is 23.0. The fraction of sp³-hybridized carbons (Fsp3) is 0.0976. The first-order valence-corrected chi connectivity index (χ1v) is 40.9. The van der Waals surface area contributed by atoms with Gasteiger partial charge in [0.1, 0.15) is 76.0 Å². The molecule has 0 saturated carbocycles. The minimum Gasteiger partial charge on any atom is -0.545 e. The summed E-state index contributed by atoms with van der Waals surface area (Å²) >= 11 is 11.5. The van der Waals surface area contributed by atoms with Crippen molar-refractivity contribution in [1.82, 2.24) is 44.9 Å². The topological polar surface area (TPSA) is 386 Å². The highest BCUT2D eigenvalue weighted by atomic mass is 127. The summed E-state index contributed by atoms with van der Waals surface area (Å²) in [5.41, 5.74) is 24.0. The summed E-state index contributed by atoms with van der Waals surface area (Å²) in [7, 11) is 0. The summed E-state index contributed by atoms with van der Waals surface area (Å²) < 4.78 is 127. The number of aromatic nitrogens is 9. The molecular formula is C82H61F9I6N15O8+. The maximum absolute atomic E-state index is 14.8. The SMILES string of the molecule is I.IC(I)I.ICI.NC1=NC(c2cccc(-c3cncnc3)c2)(c2ccnc(C(F)F)c2)c2cccc(F)c21.NC1=[NH+]C(c2cccc(-c3cncnc3)c2)(c2ccnc(C(F)F)c2)c2cccc(F)c21.NC1=[NH+]C(c2cccc(-c3cncnc3)c2)(c2ccnc(C(F)F)c2)c2cccc(F)c21.O=C(O)/C=C/C(=O)O.O=C([O-])/C=C/C(=O)O. The monoisotopic (exact) mass is 2320 g/mol. The van der Waals surface area contributed by atoms with Crippen LogP contribution in [0.2, 0.25) is 0 Å². The zero-order valence-electron chi connectivity index (χ0n) is 61.1. The maximum atomic E-state index is 14.8. The smallest absolute Gasteiger partial charge is 0.328 e. The van der Waals surface area contributed by atoms with Crippen LogP contribution in [0.4, 0.5) is 39.5 Å². The van der Waals surface area contributed by atoms with Gasteiger partial charge in [-0.3, -0.25) is 36.4 Å². The molecule has 38 heteroatoms. The summed E-state index contributed by atoms with van der Waals surface area (Å²) in [4.78, 5) is 84.9. The van der Waals surface area contributed by atoms with Gasteiger partial charge in [0.25, 0.3) is 30.9 Å². The van der Waals surface area contributed by atoms with E-state index in [2.05, 4.69) is 173 Å². The van der Waals surface area contributed by atoms with Gasteiger partial charge in [0.05, 0.1) is 14.0 Å². The number of carbonyl (C=O) groups excluding carboxylic acids is 1. The van der Waals surface area contributed by atoms with E-state index in [4.69, 9.17) is 32.5 Å². The van der Waals surface area contributed by atoms with Crippen LogP contribution in [0.3, 0.4) is 0 Å². The van der Waals surface area contributed by atoms with Gasteiger partial charge in [0.15, 0.2) is 11.1 Å². The van der Waals surface area contributed by atoms with Gasteiger partial charge in [-0.15, -0.1) is 24.0 Å². The number of alkyl halides is 11. The molecule has 11 N–H and O–H groups in total. The Morgan fingerprint density at radius 3 is 1.03 bits per heavy atom. The number of nitrogens with two attached hydrogens (primary N) is 3. The average molecular weight is 2320 g/mol. The van der Waals surface area contributed by atoms with Crippen LogP contribution in [0.1, 0.15) is 103 Å². The Hall–Kier alpha value is -10.5. The van der Waals surface area contributed by atoms with E-state index in [9.17, 15) is 63.8 Å². The van der Waals surface area contributed by atoms with E-state index < -0.39 is 82.9 Å². The van der Waals surface area contributed by atoms with Crippen molar-refractivity contribution in [3.05, 3.63) is 364 Å². The number of nitrogen functional groups attached to an aromatic ring is 2. The molecule has 0 amide bonds. The molecule has 6 aromatic heterocycles. The summed E-state index contributed by atoms with van der Waals surface area (Å²) in [6.07, 6.45) is 12.1. The number of nitrogens with one attached hydrogen (secondary N) is 2. The molecule has 6 aromatic carbocycles. The molecule has 0 fully saturated rings. The number of carbonyl (C=O) groups is 4. The van der Waals surface area contributed by atoms with Gasteiger partial charge < -0.3 is 31.0 Å². The standard InChI is InChI=1S/3C24H16F3N5.2C4H4O4.CHI3.CH2I2.HI/c3*25-19-6-2-5-18-21(19)23(28)32-24(18,17-7-8-31-20(10-17)22(26)27)16-4-1-3-14(9-16)15-11-29-13-30-12-15;2*5-3(6)1-2-4(7)8;2-1(3)4;2-1-3;/h3*1-13,22H,(H2,28,32);2*1-2H,(H,5,6)(H,7,8);1H;1H2;1H/p+1/b;;;2*2-1+;;;. The van der Waals surface area contributed by atoms with Crippen molar-refractivity contribution in [3.8, 4) is 33.4 Å². The third-order valence-electron chi connectivity index (χ3n) is 17.5. The number of carboxylic acids is 4. The Balaban J connectivity index is 0.000000197. The lowest BCUT2D eigenvalue weighted by Gasteiger charge is -2.30. The fourth-order valence-corrected chi connectivity index (χ4v) is 12.9. The minimum atomic E-state index is -2.77. The maximum Gasteiger partial charge on any atom is 0.328 e. The number of benzene rings is 6. The van der Waals surface area contributed by atoms with Crippen molar-refractivity contribution < 1.29 is 89.1 Å². The van der Waals surface area contributed by atoms with E-state index >= 15 is 0 Å². The first-order chi connectivity index (χ1) is 56.9. The molecule has 12 aromatic rings. The number of amidine groups is 3. The van der Waals surface area contributed by atoms with Crippen LogP contribution in [-0.4, -0.2) is 104 Å². The quantitative estimate of drug-likeness (QED) is 0.0193. The summed E-state index contributed by atoms with van der Waals surface area (Å²) in [6.45, 7) is 0. The highest BCUT2D eigenvalue weighted by Gasteiger charge is 2.50. The van der Waals surface area contributed by atoms with Gasteiger partial charge in [0, 0.05) is 130 Å². The normalized spacial score (nSPS) is 15.6. The minimum absolute atomic E-state index is 0. The first kappa shape index (κ1) is 95.0. The zero-order chi connectivity index (χ0) is 86.3. The van der Waals surface area contributed by atoms with Gasteiger partial charge in [-0.1, -0.05) is 204 Å². The molecule has 0 bridgehead atoms. The van der Waals surface area contributed by atoms with Gasteiger partial charge in [-0.2, -0.15) is 0 Å².